The summed E-state index contributed by atoms with van der Waals surface area (Å²) < 4.78 is 2.07. The van der Waals surface area contributed by atoms with Crippen molar-refractivity contribution >= 4 is 17.7 Å². The molecule has 0 aromatic carbocycles. The van der Waals surface area contributed by atoms with E-state index in [2.05, 4.69) is 21.3 Å². The Hall–Kier alpha value is -2.32. The van der Waals surface area contributed by atoms with Gasteiger partial charge in [0.1, 0.15) is 5.82 Å². The van der Waals surface area contributed by atoms with Gasteiger partial charge in [0, 0.05) is 25.6 Å². The van der Waals surface area contributed by atoms with Crippen LogP contribution in [0.3, 0.4) is 0 Å². The van der Waals surface area contributed by atoms with Crippen molar-refractivity contribution in [2.75, 3.05) is 18.8 Å². The maximum Gasteiger partial charge on any atom is 0.233 e. The third-order valence-corrected chi connectivity index (χ3v) is 5.64. The molecule has 0 spiro atoms. The molecular formula is C19H26N6OS. The molecule has 27 heavy (non-hydrogen) atoms. The van der Waals surface area contributed by atoms with Crippen molar-refractivity contribution < 1.29 is 4.79 Å². The Balaban J connectivity index is 2.03. The molecule has 1 fully saturated rings. The van der Waals surface area contributed by atoms with Crippen LogP contribution < -0.4 is 0 Å². The summed E-state index contributed by atoms with van der Waals surface area (Å²) >= 11 is 1.36. The zero-order valence-corrected chi connectivity index (χ0v) is 16.5. The lowest BCUT2D eigenvalue weighted by Crippen LogP contribution is -2.34. The molecule has 1 heterocycles. The molecule has 2 rings (SSSR count). The molecule has 144 valence electrons. The molecule has 0 N–H and O–H groups in total. The highest BCUT2D eigenvalue weighted by atomic mass is 32.2. The van der Waals surface area contributed by atoms with Gasteiger partial charge >= 0.3 is 0 Å². The van der Waals surface area contributed by atoms with E-state index in [0.29, 0.717) is 25.6 Å². The number of carbonyl (C=O) groups excluding carboxylic acids is 1. The summed E-state index contributed by atoms with van der Waals surface area (Å²) in [5.41, 5.74) is 0. The molecule has 0 saturated heterocycles. The Bertz CT molecular complexity index is 693. The largest absolute Gasteiger partial charge is 0.340 e. The first-order valence-electron chi connectivity index (χ1n) is 9.39. The van der Waals surface area contributed by atoms with Crippen LogP contribution in [0, 0.1) is 22.7 Å². The lowest BCUT2D eigenvalue weighted by molar-refractivity contribution is -0.128. The summed E-state index contributed by atoms with van der Waals surface area (Å²) in [4.78, 5) is 14.1. The van der Waals surface area contributed by atoms with E-state index in [9.17, 15) is 4.79 Å². The second kappa shape index (κ2) is 11.4. The summed E-state index contributed by atoms with van der Waals surface area (Å²) in [5.74, 6) is 1.56. The van der Waals surface area contributed by atoms with Crippen LogP contribution in [0.5, 0.6) is 0 Å². The lowest BCUT2D eigenvalue weighted by atomic mass is 9.89. The summed E-state index contributed by atoms with van der Waals surface area (Å²) in [7, 11) is 0. The standard InChI is InChI=1S/C19H26N6OS/c1-2-12-25-18(16-8-4-3-5-9-16)22-23-19(25)27-15-17(26)24(13-6-10-20)14-7-11-21/h2,16H,1,3-9,12-15H2. The Morgan fingerprint density at radius 3 is 2.48 bits per heavy atom. The zero-order valence-electron chi connectivity index (χ0n) is 15.6. The van der Waals surface area contributed by atoms with Crippen LogP contribution in [0.1, 0.15) is 56.7 Å². The molecule has 7 nitrogen and oxygen atoms in total. The smallest absolute Gasteiger partial charge is 0.233 e. The zero-order chi connectivity index (χ0) is 19.5. The monoisotopic (exact) mass is 386 g/mol. The molecule has 8 heteroatoms. The van der Waals surface area contributed by atoms with E-state index in [0.717, 1.165) is 23.8 Å². The number of carbonyl (C=O) groups is 1. The molecule has 1 saturated carbocycles. The number of amides is 1. The number of allylic oxidation sites excluding steroid dienone is 1. The predicted octanol–water partition coefficient (Wildman–Crippen LogP) is 3.26. The summed E-state index contributed by atoms with van der Waals surface area (Å²) in [6, 6.07) is 4.10. The Morgan fingerprint density at radius 2 is 1.89 bits per heavy atom. The van der Waals surface area contributed by atoms with E-state index in [-0.39, 0.29) is 24.5 Å². The van der Waals surface area contributed by atoms with Gasteiger partial charge in [0.25, 0.3) is 0 Å². The van der Waals surface area contributed by atoms with Gasteiger partial charge in [-0.1, -0.05) is 37.1 Å². The second-order valence-electron chi connectivity index (χ2n) is 6.56. The molecule has 0 aliphatic heterocycles. The van der Waals surface area contributed by atoms with Crippen LogP contribution in [0.2, 0.25) is 0 Å². The number of rotatable bonds is 10. The van der Waals surface area contributed by atoms with Crippen molar-refractivity contribution in [3.05, 3.63) is 18.5 Å². The van der Waals surface area contributed by atoms with Crippen LogP contribution in [0.15, 0.2) is 17.8 Å². The predicted molar refractivity (Wildman–Crippen MR) is 104 cm³/mol. The minimum atomic E-state index is -0.0853. The maximum atomic E-state index is 12.5. The number of hydrogen-bond acceptors (Lipinski definition) is 6. The van der Waals surface area contributed by atoms with Gasteiger partial charge in [0.2, 0.25) is 5.91 Å². The Labute approximate surface area is 165 Å². The average molecular weight is 387 g/mol. The van der Waals surface area contributed by atoms with Gasteiger partial charge < -0.3 is 9.47 Å². The van der Waals surface area contributed by atoms with Crippen LogP contribution >= 0.6 is 11.8 Å². The summed E-state index contributed by atoms with van der Waals surface area (Å²) in [6.07, 6.45) is 8.35. The van der Waals surface area contributed by atoms with E-state index < -0.39 is 0 Å². The number of hydrogen-bond donors (Lipinski definition) is 0. The highest BCUT2D eigenvalue weighted by Gasteiger charge is 2.23. The summed E-state index contributed by atoms with van der Waals surface area (Å²) in [5, 5.41) is 27.0. The molecule has 0 bridgehead atoms. The molecular weight excluding hydrogens is 360 g/mol. The summed E-state index contributed by atoms with van der Waals surface area (Å²) in [6.45, 7) is 5.16. The van der Waals surface area contributed by atoms with Crippen molar-refractivity contribution in [1.29, 1.82) is 10.5 Å². The maximum absolute atomic E-state index is 12.5. The van der Waals surface area contributed by atoms with Gasteiger partial charge in [-0.25, -0.2) is 0 Å². The van der Waals surface area contributed by atoms with Crippen molar-refractivity contribution in [3.8, 4) is 12.1 Å². The first kappa shape index (κ1) is 21.0. The van der Waals surface area contributed by atoms with Crippen LogP contribution in [-0.4, -0.2) is 44.4 Å². The highest BCUT2D eigenvalue weighted by molar-refractivity contribution is 7.99. The van der Waals surface area contributed by atoms with Crippen molar-refractivity contribution in [2.24, 2.45) is 0 Å². The fraction of sp³-hybridized carbons (Fsp3) is 0.632. The van der Waals surface area contributed by atoms with E-state index in [1.165, 1.54) is 31.0 Å². The molecule has 0 radical (unpaired) electrons. The first-order valence-corrected chi connectivity index (χ1v) is 10.4. The minimum absolute atomic E-state index is 0.0853. The number of nitrogens with zero attached hydrogens (tertiary/aromatic N) is 6. The van der Waals surface area contributed by atoms with Crippen LogP contribution in [0.4, 0.5) is 0 Å². The topological polar surface area (TPSA) is 98.6 Å². The molecule has 1 aromatic heterocycles. The Morgan fingerprint density at radius 1 is 1.22 bits per heavy atom. The normalized spacial score (nSPS) is 14.3. The van der Waals surface area contributed by atoms with Crippen LogP contribution in [0.25, 0.3) is 0 Å². The third kappa shape index (κ3) is 6.11. The molecule has 0 unspecified atom stereocenters. The molecule has 0 atom stereocenters. The minimum Gasteiger partial charge on any atom is -0.340 e. The van der Waals surface area contributed by atoms with Gasteiger partial charge in [-0.15, -0.1) is 16.8 Å². The van der Waals surface area contributed by atoms with Gasteiger partial charge in [-0.2, -0.15) is 10.5 Å². The van der Waals surface area contributed by atoms with Gasteiger partial charge in [-0.05, 0) is 12.8 Å². The SMILES string of the molecule is C=CCn1c(SCC(=O)N(CCC#N)CCC#N)nnc1C1CCCCC1. The molecule has 1 amide bonds. The number of nitriles is 2. The van der Waals surface area contributed by atoms with E-state index in [4.69, 9.17) is 10.5 Å². The fourth-order valence-electron chi connectivity index (χ4n) is 3.32. The average Bonchev–Trinajstić information content (AvgIpc) is 3.10. The lowest BCUT2D eigenvalue weighted by Gasteiger charge is -2.22. The van der Waals surface area contributed by atoms with E-state index >= 15 is 0 Å². The van der Waals surface area contributed by atoms with Gasteiger partial charge in [0.05, 0.1) is 30.7 Å². The molecule has 1 aliphatic carbocycles. The second-order valence-corrected chi connectivity index (χ2v) is 7.50. The van der Waals surface area contributed by atoms with Gasteiger partial charge in [-0.3, -0.25) is 4.79 Å². The highest BCUT2D eigenvalue weighted by Crippen LogP contribution is 2.33. The van der Waals surface area contributed by atoms with E-state index in [1.54, 1.807) is 4.90 Å². The van der Waals surface area contributed by atoms with E-state index in [1.807, 2.05) is 18.2 Å². The quantitative estimate of drug-likeness (QED) is 0.452. The Kier molecular flexibility index (Phi) is 8.86. The molecule has 1 aromatic rings. The molecule has 1 aliphatic rings. The van der Waals surface area contributed by atoms with Crippen molar-refractivity contribution in [2.45, 2.75) is 62.6 Å². The number of thioether (sulfide) groups is 1. The van der Waals surface area contributed by atoms with Gasteiger partial charge in [0.15, 0.2) is 5.16 Å². The van der Waals surface area contributed by atoms with Crippen molar-refractivity contribution in [1.82, 2.24) is 19.7 Å². The first-order chi connectivity index (χ1) is 13.2. The fourth-order valence-corrected chi connectivity index (χ4v) is 4.18. The third-order valence-electron chi connectivity index (χ3n) is 4.69. The van der Waals surface area contributed by atoms with Crippen LogP contribution in [-0.2, 0) is 11.3 Å². The van der Waals surface area contributed by atoms with Crippen molar-refractivity contribution in [3.63, 3.8) is 0 Å². The number of aromatic nitrogens is 3.